The van der Waals surface area contributed by atoms with Gasteiger partial charge in [-0.2, -0.15) is 5.10 Å². The van der Waals surface area contributed by atoms with Gasteiger partial charge in [-0.3, -0.25) is 9.69 Å². The quantitative estimate of drug-likeness (QED) is 0.489. The molecule has 0 radical (unpaired) electrons. The molecule has 3 rings (SSSR count). The van der Waals surface area contributed by atoms with Crippen LogP contribution in [0.5, 0.6) is 17.2 Å². The zero-order valence-electron chi connectivity index (χ0n) is 16.6. The van der Waals surface area contributed by atoms with Crippen LogP contribution in [0.2, 0.25) is 0 Å². The normalized spacial score (nSPS) is 15.3. The van der Waals surface area contributed by atoms with Crippen molar-refractivity contribution in [3.63, 3.8) is 0 Å². The molecular weight excluding hydrogens is 390 g/mol. The second-order valence-corrected chi connectivity index (χ2v) is 7.00. The highest BCUT2D eigenvalue weighted by molar-refractivity contribution is 8.15. The molecule has 1 heterocycles. The maximum Gasteiger partial charge on any atom is 0.239 e. The number of carbonyl (C=O) groups is 1. The van der Waals surface area contributed by atoms with E-state index in [-0.39, 0.29) is 5.91 Å². The Labute approximate surface area is 174 Å². The third-order valence-electron chi connectivity index (χ3n) is 4.21. The number of para-hydroxylation sites is 1. The first-order valence-corrected chi connectivity index (χ1v) is 10.1. The molecular formula is C21H23N3O4S. The third-order valence-corrected chi connectivity index (χ3v) is 5.16. The van der Waals surface area contributed by atoms with Gasteiger partial charge in [0.1, 0.15) is 5.75 Å². The molecule has 1 fully saturated rings. The van der Waals surface area contributed by atoms with E-state index in [9.17, 15) is 4.79 Å². The maximum atomic E-state index is 12.3. The fourth-order valence-electron chi connectivity index (χ4n) is 2.82. The van der Waals surface area contributed by atoms with Gasteiger partial charge in [-0.05, 0) is 36.8 Å². The molecule has 2 aromatic carbocycles. The van der Waals surface area contributed by atoms with Gasteiger partial charge in [0.25, 0.3) is 0 Å². The summed E-state index contributed by atoms with van der Waals surface area (Å²) in [4.78, 5) is 13.9. The summed E-state index contributed by atoms with van der Waals surface area (Å²) in [7, 11) is 3.16. The predicted octanol–water partition coefficient (Wildman–Crippen LogP) is 3.57. The summed E-state index contributed by atoms with van der Waals surface area (Å²) in [5.41, 5.74) is 1.74. The molecule has 152 valence electrons. The lowest BCUT2D eigenvalue weighted by Crippen LogP contribution is -2.28. The van der Waals surface area contributed by atoms with Crippen LogP contribution < -0.4 is 14.2 Å². The summed E-state index contributed by atoms with van der Waals surface area (Å²) in [6.45, 7) is 3.00. The summed E-state index contributed by atoms with van der Waals surface area (Å²) < 4.78 is 16.1. The maximum absolute atomic E-state index is 12.3. The van der Waals surface area contributed by atoms with Crippen molar-refractivity contribution in [1.82, 2.24) is 4.90 Å². The van der Waals surface area contributed by atoms with Crippen molar-refractivity contribution in [3.8, 4) is 17.2 Å². The van der Waals surface area contributed by atoms with Gasteiger partial charge < -0.3 is 14.2 Å². The minimum absolute atomic E-state index is 0.0109. The molecule has 0 atom stereocenters. The van der Waals surface area contributed by atoms with Crippen LogP contribution in [0, 0.1) is 0 Å². The van der Waals surface area contributed by atoms with Gasteiger partial charge in [0, 0.05) is 5.56 Å². The van der Waals surface area contributed by atoms with Crippen LogP contribution in [-0.2, 0) is 11.3 Å². The minimum Gasteiger partial charge on any atom is -0.494 e. The topological polar surface area (TPSA) is 72.7 Å². The summed E-state index contributed by atoms with van der Waals surface area (Å²) in [6, 6.07) is 13.2. The van der Waals surface area contributed by atoms with E-state index in [2.05, 4.69) is 10.2 Å². The molecule has 0 bridgehead atoms. The standard InChI is InChI=1S/C21H23N3O4S/c1-4-28-17-10-8-15(9-11-17)13-24-19(25)14-29-21(24)23-22-12-16-6-5-7-18(26-2)20(16)27-3/h5-12H,4,13-14H2,1-3H3/b22-12+,23-21-. The number of benzene rings is 2. The Morgan fingerprint density at radius 3 is 2.62 bits per heavy atom. The molecule has 8 heteroatoms. The molecule has 0 aromatic heterocycles. The Kier molecular flexibility index (Phi) is 7.13. The summed E-state index contributed by atoms with van der Waals surface area (Å²) in [6.07, 6.45) is 1.59. The SMILES string of the molecule is CCOc1ccc(CN2C(=O)CS/C2=N\N=C\c2cccc(OC)c2OC)cc1. The molecule has 7 nitrogen and oxygen atoms in total. The number of hydrogen-bond acceptors (Lipinski definition) is 7. The number of thioether (sulfide) groups is 1. The van der Waals surface area contributed by atoms with Crippen molar-refractivity contribution < 1.29 is 19.0 Å². The first kappa shape index (κ1) is 20.7. The van der Waals surface area contributed by atoms with Gasteiger partial charge in [0.05, 0.1) is 39.3 Å². The zero-order valence-corrected chi connectivity index (χ0v) is 17.4. The van der Waals surface area contributed by atoms with E-state index in [4.69, 9.17) is 14.2 Å². The number of hydrogen-bond donors (Lipinski definition) is 0. The highest BCUT2D eigenvalue weighted by Crippen LogP contribution is 2.29. The average Bonchev–Trinajstić information content (AvgIpc) is 3.08. The van der Waals surface area contributed by atoms with Crippen molar-refractivity contribution in [3.05, 3.63) is 53.6 Å². The summed E-state index contributed by atoms with van der Waals surface area (Å²) in [5, 5.41) is 8.99. The van der Waals surface area contributed by atoms with Crippen molar-refractivity contribution in [2.45, 2.75) is 13.5 Å². The van der Waals surface area contributed by atoms with Crippen LogP contribution in [0.4, 0.5) is 0 Å². The van der Waals surface area contributed by atoms with Crippen LogP contribution in [-0.4, -0.2) is 48.8 Å². The second-order valence-electron chi connectivity index (χ2n) is 6.06. The van der Waals surface area contributed by atoms with Crippen molar-refractivity contribution in [1.29, 1.82) is 0 Å². The van der Waals surface area contributed by atoms with E-state index in [1.54, 1.807) is 25.3 Å². The number of methoxy groups -OCH3 is 2. The van der Waals surface area contributed by atoms with Crippen molar-refractivity contribution in [2.75, 3.05) is 26.6 Å². The number of nitrogens with zero attached hydrogens (tertiary/aromatic N) is 3. The van der Waals surface area contributed by atoms with Crippen molar-refractivity contribution in [2.24, 2.45) is 10.2 Å². The molecule has 0 aliphatic carbocycles. The van der Waals surface area contributed by atoms with Gasteiger partial charge in [0.2, 0.25) is 5.91 Å². The van der Waals surface area contributed by atoms with E-state index in [0.717, 1.165) is 16.9 Å². The number of carbonyl (C=O) groups excluding carboxylic acids is 1. The molecule has 1 amide bonds. The Bertz CT molecular complexity index is 913. The molecule has 0 saturated carbocycles. The fraction of sp³-hybridized carbons (Fsp3) is 0.286. The molecule has 1 aliphatic rings. The Balaban J connectivity index is 1.74. The van der Waals surface area contributed by atoms with E-state index in [1.807, 2.05) is 49.4 Å². The Morgan fingerprint density at radius 1 is 1.14 bits per heavy atom. The minimum atomic E-state index is 0.0109. The van der Waals surface area contributed by atoms with Crippen molar-refractivity contribution >= 4 is 29.1 Å². The van der Waals surface area contributed by atoms with Gasteiger partial charge in [-0.25, -0.2) is 0 Å². The molecule has 1 aliphatic heterocycles. The van der Waals surface area contributed by atoms with Crippen LogP contribution in [0.25, 0.3) is 0 Å². The lowest BCUT2D eigenvalue weighted by molar-refractivity contribution is -0.124. The van der Waals surface area contributed by atoms with Crippen LogP contribution >= 0.6 is 11.8 Å². The lowest BCUT2D eigenvalue weighted by atomic mass is 10.2. The average molecular weight is 413 g/mol. The van der Waals surface area contributed by atoms with E-state index >= 15 is 0 Å². The van der Waals surface area contributed by atoms with E-state index in [1.165, 1.54) is 11.8 Å². The summed E-state index contributed by atoms with van der Waals surface area (Å²) in [5.74, 6) is 2.38. The molecule has 1 saturated heterocycles. The summed E-state index contributed by atoms with van der Waals surface area (Å²) >= 11 is 1.37. The number of amides is 1. The monoisotopic (exact) mass is 413 g/mol. The van der Waals surface area contributed by atoms with Gasteiger partial charge in [-0.1, -0.05) is 30.0 Å². The van der Waals surface area contributed by atoms with Gasteiger partial charge >= 0.3 is 0 Å². The molecule has 0 N–H and O–H groups in total. The van der Waals surface area contributed by atoms with E-state index in [0.29, 0.717) is 35.6 Å². The smallest absolute Gasteiger partial charge is 0.239 e. The van der Waals surface area contributed by atoms with Gasteiger partial charge in [-0.15, -0.1) is 5.10 Å². The first-order valence-electron chi connectivity index (χ1n) is 9.13. The largest absolute Gasteiger partial charge is 0.494 e. The fourth-order valence-corrected chi connectivity index (χ4v) is 3.66. The molecule has 0 spiro atoms. The zero-order chi connectivity index (χ0) is 20.6. The van der Waals surface area contributed by atoms with Crippen LogP contribution in [0.3, 0.4) is 0 Å². The van der Waals surface area contributed by atoms with Crippen LogP contribution in [0.1, 0.15) is 18.1 Å². The Morgan fingerprint density at radius 2 is 1.93 bits per heavy atom. The molecule has 0 unspecified atom stereocenters. The van der Waals surface area contributed by atoms with Gasteiger partial charge in [0.15, 0.2) is 16.7 Å². The van der Waals surface area contributed by atoms with E-state index < -0.39 is 0 Å². The lowest BCUT2D eigenvalue weighted by Gasteiger charge is -2.15. The predicted molar refractivity (Wildman–Crippen MR) is 115 cm³/mol. The second kappa shape index (κ2) is 9.97. The van der Waals surface area contributed by atoms with Crippen LogP contribution in [0.15, 0.2) is 52.7 Å². The highest BCUT2D eigenvalue weighted by atomic mass is 32.2. The number of amidine groups is 1. The first-order chi connectivity index (χ1) is 14.2. The number of ether oxygens (including phenoxy) is 3. The molecule has 2 aromatic rings. The highest BCUT2D eigenvalue weighted by Gasteiger charge is 2.28. The number of rotatable bonds is 8. The molecule has 29 heavy (non-hydrogen) atoms. The Hall–Kier alpha value is -3.00. The third kappa shape index (κ3) is 5.08.